The molecule has 0 atom stereocenters. The van der Waals surface area contributed by atoms with Gasteiger partial charge in [-0.3, -0.25) is 9.48 Å². The van der Waals surface area contributed by atoms with Gasteiger partial charge in [-0.2, -0.15) is 5.10 Å². The summed E-state index contributed by atoms with van der Waals surface area (Å²) in [6.45, 7) is 5.46. The van der Waals surface area contributed by atoms with Crippen LogP contribution in [0.4, 0.5) is 0 Å². The molecular formula is C22H22ClN3O3. The van der Waals surface area contributed by atoms with Gasteiger partial charge in [0, 0.05) is 11.2 Å². The minimum atomic E-state index is -0.599. The van der Waals surface area contributed by atoms with Gasteiger partial charge in [0.1, 0.15) is 13.2 Å². The molecule has 1 amide bonds. The normalized spacial score (nSPS) is 13.2. The molecule has 0 saturated carbocycles. The maximum atomic E-state index is 12.8. The Morgan fingerprint density at radius 1 is 1.17 bits per heavy atom. The number of amides is 1. The summed E-state index contributed by atoms with van der Waals surface area (Å²) in [5, 5.41) is 8.04. The Balaban J connectivity index is 1.47. The molecule has 2 aromatic carbocycles. The van der Waals surface area contributed by atoms with Crippen LogP contribution in [0.5, 0.6) is 11.5 Å². The third-order valence-electron chi connectivity index (χ3n) is 4.88. The molecule has 0 radical (unpaired) electrons. The molecule has 7 heteroatoms. The highest BCUT2D eigenvalue weighted by Crippen LogP contribution is 2.34. The van der Waals surface area contributed by atoms with Gasteiger partial charge in [-0.15, -0.1) is 0 Å². The van der Waals surface area contributed by atoms with Crippen LogP contribution in [0.1, 0.15) is 35.3 Å². The summed E-state index contributed by atoms with van der Waals surface area (Å²) in [5.41, 5.74) is 1.76. The van der Waals surface area contributed by atoms with Crippen LogP contribution in [-0.4, -0.2) is 28.9 Å². The third-order valence-corrected chi connectivity index (χ3v) is 5.24. The average Bonchev–Trinajstić information content (AvgIpc) is 3.18. The van der Waals surface area contributed by atoms with Gasteiger partial charge in [0.05, 0.1) is 23.8 Å². The molecule has 0 aliphatic carbocycles. The standard InChI is InChI=1S/C22H22ClN3O3/c1-22(2,17-7-8-19-20(11-17)29-10-9-28-19)25-21(27)16-12-24-26(14-16)13-15-5-3-4-6-18(15)23/h3-8,11-12,14H,9-10,13H2,1-2H3,(H,25,27). The van der Waals surface area contributed by atoms with E-state index in [0.29, 0.717) is 36.1 Å². The summed E-state index contributed by atoms with van der Waals surface area (Å²) in [5.74, 6) is 1.22. The zero-order valence-corrected chi connectivity index (χ0v) is 17.1. The van der Waals surface area contributed by atoms with E-state index in [9.17, 15) is 4.79 Å². The topological polar surface area (TPSA) is 65.4 Å². The second-order valence-electron chi connectivity index (χ2n) is 7.46. The van der Waals surface area contributed by atoms with E-state index in [1.165, 1.54) is 0 Å². The van der Waals surface area contributed by atoms with E-state index in [1.807, 2.05) is 56.3 Å². The van der Waals surface area contributed by atoms with Crippen LogP contribution in [0.3, 0.4) is 0 Å². The van der Waals surface area contributed by atoms with E-state index in [2.05, 4.69) is 10.4 Å². The van der Waals surface area contributed by atoms with E-state index < -0.39 is 5.54 Å². The smallest absolute Gasteiger partial charge is 0.255 e. The largest absolute Gasteiger partial charge is 0.486 e. The fourth-order valence-electron chi connectivity index (χ4n) is 3.23. The van der Waals surface area contributed by atoms with Gasteiger partial charge in [-0.05, 0) is 43.2 Å². The maximum absolute atomic E-state index is 12.8. The van der Waals surface area contributed by atoms with E-state index in [1.54, 1.807) is 17.1 Å². The van der Waals surface area contributed by atoms with Crippen LogP contribution < -0.4 is 14.8 Å². The summed E-state index contributed by atoms with van der Waals surface area (Å²) in [4.78, 5) is 12.8. The molecule has 6 nitrogen and oxygen atoms in total. The summed E-state index contributed by atoms with van der Waals surface area (Å²) >= 11 is 6.21. The van der Waals surface area contributed by atoms with E-state index in [-0.39, 0.29) is 5.91 Å². The second kappa shape index (κ2) is 7.79. The molecule has 0 unspecified atom stereocenters. The van der Waals surface area contributed by atoms with Crippen molar-refractivity contribution in [2.75, 3.05) is 13.2 Å². The van der Waals surface area contributed by atoms with E-state index in [0.717, 1.165) is 16.9 Å². The molecule has 0 saturated heterocycles. The van der Waals surface area contributed by atoms with Crippen molar-refractivity contribution in [1.29, 1.82) is 0 Å². The van der Waals surface area contributed by atoms with Crippen molar-refractivity contribution < 1.29 is 14.3 Å². The minimum Gasteiger partial charge on any atom is -0.486 e. The number of hydrogen-bond acceptors (Lipinski definition) is 4. The SMILES string of the molecule is CC(C)(NC(=O)c1cnn(Cc2ccccc2Cl)c1)c1ccc2c(c1)OCCO2. The Kier molecular flexibility index (Phi) is 5.20. The minimum absolute atomic E-state index is 0.199. The Morgan fingerprint density at radius 2 is 1.93 bits per heavy atom. The Bertz CT molecular complexity index is 1050. The lowest BCUT2D eigenvalue weighted by atomic mass is 9.93. The van der Waals surface area contributed by atoms with E-state index in [4.69, 9.17) is 21.1 Å². The number of nitrogens with one attached hydrogen (secondary N) is 1. The first kappa shape index (κ1) is 19.3. The number of benzene rings is 2. The third kappa shape index (κ3) is 4.22. The van der Waals surface area contributed by atoms with Gasteiger partial charge in [-0.1, -0.05) is 35.9 Å². The molecule has 3 aromatic rings. The highest BCUT2D eigenvalue weighted by Gasteiger charge is 2.26. The highest BCUT2D eigenvalue weighted by molar-refractivity contribution is 6.31. The lowest BCUT2D eigenvalue weighted by Gasteiger charge is -2.28. The van der Waals surface area contributed by atoms with Gasteiger partial charge < -0.3 is 14.8 Å². The summed E-state index contributed by atoms with van der Waals surface area (Å²) in [6.07, 6.45) is 3.28. The van der Waals surface area contributed by atoms with Crippen LogP contribution in [0.15, 0.2) is 54.9 Å². The van der Waals surface area contributed by atoms with Gasteiger partial charge >= 0.3 is 0 Å². The average molecular weight is 412 g/mol. The van der Waals surface area contributed by atoms with Crippen molar-refractivity contribution >= 4 is 17.5 Å². The molecule has 1 aromatic heterocycles. The Hall–Kier alpha value is -2.99. The number of nitrogens with zero attached hydrogens (tertiary/aromatic N) is 2. The van der Waals surface area contributed by atoms with Crippen molar-refractivity contribution in [1.82, 2.24) is 15.1 Å². The van der Waals surface area contributed by atoms with Crippen LogP contribution in [-0.2, 0) is 12.1 Å². The predicted octanol–water partition coefficient (Wildman–Crippen LogP) is 4.02. The maximum Gasteiger partial charge on any atom is 0.255 e. The van der Waals surface area contributed by atoms with Crippen molar-refractivity contribution in [2.45, 2.75) is 25.9 Å². The van der Waals surface area contributed by atoms with Gasteiger partial charge in [0.25, 0.3) is 5.91 Å². The zero-order valence-electron chi connectivity index (χ0n) is 16.3. The molecule has 4 rings (SSSR count). The van der Waals surface area contributed by atoms with E-state index >= 15 is 0 Å². The lowest BCUT2D eigenvalue weighted by Crippen LogP contribution is -2.41. The van der Waals surface area contributed by atoms with Gasteiger partial charge in [-0.25, -0.2) is 0 Å². The lowest BCUT2D eigenvalue weighted by molar-refractivity contribution is 0.0911. The molecule has 29 heavy (non-hydrogen) atoms. The summed E-state index contributed by atoms with van der Waals surface area (Å²) in [7, 11) is 0. The van der Waals surface area contributed by atoms with Crippen LogP contribution in [0.25, 0.3) is 0 Å². The zero-order chi connectivity index (χ0) is 20.4. The van der Waals surface area contributed by atoms with Crippen LogP contribution >= 0.6 is 11.6 Å². The molecule has 1 aliphatic rings. The number of carbonyl (C=O) groups excluding carboxylic acids is 1. The first-order valence-electron chi connectivity index (χ1n) is 9.41. The number of halogens is 1. The molecule has 0 bridgehead atoms. The molecular weight excluding hydrogens is 390 g/mol. The molecule has 1 N–H and O–H groups in total. The quantitative estimate of drug-likeness (QED) is 0.688. The van der Waals surface area contributed by atoms with Crippen molar-refractivity contribution in [2.24, 2.45) is 0 Å². The predicted molar refractivity (Wildman–Crippen MR) is 111 cm³/mol. The van der Waals surface area contributed by atoms with Crippen LogP contribution in [0.2, 0.25) is 5.02 Å². The molecule has 2 heterocycles. The Labute approximate surface area is 174 Å². The number of fused-ring (bicyclic) bond motifs is 1. The Morgan fingerprint density at radius 3 is 2.72 bits per heavy atom. The van der Waals surface area contributed by atoms with Crippen LogP contribution in [0, 0.1) is 0 Å². The second-order valence-corrected chi connectivity index (χ2v) is 7.86. The van der Waals surface area contributed by atoms with Gasteiger partial charge in [0.15, 0.2) is 11.5 Å². The first-order valence-corrected chi connectivity index (χ1v) is 9.79. The number of ether oxygens (including phenoxy) is 2. The van der Waals surface area contributed by atoms with Crippen molar-refractivity contribution in [3.63, 3.8) is 0 Å². The highest BCUT2D eigenvalue weighted by atomic mass is 35.5. The van der Waals surface area contributed by atoms with Crippen molar-refractivity contribution in [3.8, 4) is 11.5 Å². The number of aromatic nitrogens is 2. The monoisotopic (exact) mass is 411 g/mol. The summed E-state index contributed by atoms with van der Waals surface area (Å²) in [6, 6.07) is 13.3. The fraction of sp³-hybridized carbons (Fsp3) is 0.273. The molecule has 150 valence electrons. The molecule has 1 aliphatic heterocycles. The number of carbonyl (C=O) groups is 1. The summed E-state index contributed by atoms with van der Waals surface area (Å²) < 4.78 is 12.9. The molecule has 0 spiro atoms. The number of hydrogen-bond donors (Lipinski definition) is 1. The fourth-order valence-corrected chi connectivity index (χ4v) is 3.42. The van der Waals surface area contributed by atoms with Gasteiger partial charge in [0.2, 0.25) is 0 Å². The first-order chi connectivity index (χ1) is 13.9. The number of rotatable bonds is 5. The molecule has 0 fully saturated rings. The van der Waals surface area contributed by atoms with Crippen molar-refractivity contribution in [3.05, 3.63) is 76.6 Å².